The van der Waals surface area contributed by atoms with Crippen molar-refractivity contribution in [2.45, 2.75) is 13.0 Å². The predicted molar refractivity (Wildman–Crippen MR) is 62.5 cm³/mol. The molecule has 15 heavy (non-hydrogen) atoms. The maximum Gasteiger partial charge on any atom is 0.135 e. The second-order valence-corrected chi connectivity index (χ2v) is 4.21. The number of aliphatic hydroxyl groups is 1. The minimum atomic E-state index is -0.568. The number of rotatable bonds is 2. The highest BCUT2D eigenvalue weighted by Crippen LogP contribution is 2.30. The van der Waals surface area contributed by atoms with Gasteiger partial charge in [0.15, 0.2) is 0 Å². The summed E-state index contributed by atoms with van der Waals surface area (Å²) in [7, 11) is 0. The van der Waals surface area contributed by atoms with Crippen molar-refractivity contribution >= 4 is 15.9 Å². The molecule has 2 nitrogen and oxygen atoms in total. The van der Waals surface area contributed by atoms with Gasteiger partial charge in [-0.15, -0.1) is 0 Å². The van der Waals surface area contributed by atoms with E-state index in [4.69, 9.17) is 4.42 Å². The van der Waals surface area contributed by atoms with Gasteiger partial charge in [0.05, 0.1) is 0 Å². The Bertz CT molecular complexity index is 460. The van der Waals surface area contributed by atoms with Crippen LogP contribution in [0, 0.1) is 0 Å². The summed E-state index contributed by atoms with van der Waals surface area (Å²) in [5, 5.41) is 9.35. The van der Waals surface area contributed by atoms with Crippen molar-refractivity contribution in [2.24, 2.45) is 0 Å². The second-order valence-electron chi connectivity index (χ2n) is 3.36. The van der Waals surface area contributed by atoms with Crippen LogP contribution in [0.5, 0.6) is 0 Å². The van der Waals surface area contributed by atoms with E-state index < -0.39 is 6.10 Å². The molecule has 0 saturated heterocycles. The third-order valence-corrected chi connectivity index (χ3v) is 2.87. The van der Waals surface area contributed by atoms with Crippen LogP contribution in [-0.2, 0) is 0 Å². The van der Waals surface area contributed by atoms with Crippen molar-refractivity contribution in [3.63, 3.8) is 0 Å². The third kappa shape index (κ3) is 2.13. The van der Waals surface area contributed by atoms with E-state index in [0.717, 1.165) is 15.8 Å². The van der Waals surface area contributed by atoms with Crippen LogP contribution >= 0.6 is 15.9 Å². The average molecular weight is 267 g/mol. The fourth-order valence-electron chi connectivity index (χ4n) is 1.38. The zero-order valence-electron chi connectivity index (χ0n) is 8.27. The van der Waals surface area contributed by atoms with Crippen LogP contribution in [0.15, 0.2) is 45.3 Å². The third-order valence-electron chi connectivity index (χ3n) is 2.18. The molecule has 0 aliphatic heterocycles. The van der Waals surface area contributed by atoms with Crippen molar-refractivity contribution in [2.75, 3.05) is 0 Å². The monoisotopic (exact) mass is 266 g/mol. The zero-order chi connectivity index (χ0) is 10.8. The highest BCUT2D eigenvalue weighted by molar-refractivity contribution is 9.10. The lowest BCUT2D eigenvalue weighted by Gasteiger charge is -2.01. The fourth-order valence-corrected chi connectivity index (χ4v) is 1.86. The summed E-state index contributed by atoms with van der Waals surface area (Å²) in [6.07, 6.45) is -0.568. The molecule has 1 unspecified atom stereocenters. The maximum absolute atomic E-state index is 9.35. The molecule has 0 saturated carbocycles. The average Bonchev–Trinajstić information content (AvgIpc) is 2.67. The van der Waals surface area contributed by atoms with E-state index >= 15 is 0 Å². The number of halogens is 1. The van der Waals surface area contributed by atoms with Gasteiger partial charge in [-0.05, 0) is 25.1 Å². The van der Waals surface area contributed by atoms with Crippen molar-refractivity contribution in [1.29, 1.82) is 0 Å². The van der Waals surface area contributed by atoms with Gasteiger partial charge in [0.1, 0.15) is 17.6 Å². The smallest absolute Gasteiger partial charge is 0.135 e. The molecule has 1 heterocycles. The summed E-state index contributed by atoms with van der Waals surface area (Å²) in [6, 6.07) is 11.5. The SMILES string of the molecule is CC(O)c1ccc(-c2ccccc2Br)o1. The van der Waals surface area contributed by atoms with Gasteiger partial charge in [0, 0.05) is 10.0 Å². The molecule has 1 aromatic heterocycles. The summed E-state index contributed by atoms with van der Waals surface area (Å²) < 4.78 is 6.51. The Morgan fingerprint density at radius 3 is 2.53 bits per heavy atom. The number of aliphatic hydroxyl groups excluding tert-OH is 1. The van der Waals surface area contributed by atoms with Gasteiger partial charge < -0.3 is 9.52 Å². The van der Waals surface area contributed by atoms with Gasteiger partial charge in [-0.25, -0.2) is 0 Å². The summed E-state index contributed by atoms with van der Waals surface area (Å²) in [6.45, 7) is 1.68. The molecule has 0 aliphatic carbocycles. The largest absolute Gasteiger partial charge is 0.458 e. The molecular weight excluding hydrogens is 256 g/mol. The predicted octanol–water partition coefficient (Wildman–Crippen LogP) is 3.76. The van der Waals surface area contributed by atoms with Crippen molar-refractivity contribution in [3.8, 4) is 11.3 Å². The Kier molecular flexibility index (Phi) is 2.93. The minimum absolute atomic E-state index is 0.568. The zero-order valence-corrected chi connectivity index (χ0v) is 9.86. The summed E-state index contributed by atoms with van der Waals surface area (Å²) >= 11 is 3.46. The molecule has 2 rings (SSSR count). The summed E-state index contributed by atoms with van der Waals surface area (Å²) in [5.41, 5.74) is 0.990. The van der Waals surface area contributed by atoms with E-state index in [9.17, 15) is 5.11 Å². The molecule has 2 aromatic rings. The van der Waals surface area contributed by atoms with E-state index in [-0.39, 0.29) is 0 Å². The lowest BCUT2D eigenvalue weighted by atomic mass is 10.2. The van der Waals surface area contributed by atoms with E-state index in [2.05, 4.69) is 15.9 Å². The Morgan fingerprint density at radius 1 is 1.20 bits per heavy atom. The van der Waals surface area contributed by atoms with E-state index in [1.54, 1.807) is 13.0 Å². The number of hydrogen-bond donors (Lipinski definition) is 1. The summed E-state index contributed by atoms with van der Waals surface area (Å²) in [5.74, 6) is 1.35. The van der Waals surface area contributed by atoms with Crippen LogP contribution in [0.4, 0.5) is 0 Å². The normalized spacial score (nSPS) is 12.7. The van der Waals surface area contributed by atoms with Crippen LogP contribution < -0.4 is 0 Å². The lowest BCUT2D eigenvalue weighted by molar-refractivity contribution is 0.170. The molecule has 0 aliphatic rings. The molecule has 1 atom stereocenters. The first kappa shape index (κ1) is 10.5. The topological polar surface area (TPSA) is 33.4 Å². The Hall–Kier alpha value is -1.06. The molecule has 1 N–H and O–H groups in total. The van der Waals surface area contributed by atoms with Gasteiger partial charge in [-0.1, -0.05) is 34.1 Å². The Balaban J connectivity index is 2.42. The molecular formula is C12H11BrO2. The van der Waals surface area contributed by atoms with Gasteiger partial charge in [0.2, 0.25) is 0 Å². The van der Waals surface area contributed by atoms with E-state index in [1.807, 2.05) is 30.3 Å². The van der Waals surface area contributed by atoms with E-state index in [0.29, 0.717) is 5.76 Å². The molecule has 78 valence electrons. The first-order chi connectivity index (χ1) is 7.18. The molecule has 3 heteroatoms. The number of benzene rings is 1. The molecule has 0 amide bonds. The highest BCUT2D eigenvalue weighted by atomic mass is 79.9. The fraction of sp³-hybridized carbons (Fsp3) is 0.167. The van der Waals surface area contributed by atoms with Crippen LogP contribution in [-0.4, -0.2) is 5.11 Å². The lowest BCUT2D eigenvalue weighted by Crippen LogP contribution is -1.85. The molecule has 0 radical (unpaired) electrons. The molecule has 1 aromatic carbocycles. The van der Waals surface area contributed by atoms with Crippen molar-refractivity contribution in [1.82, 2.24) is 0 Å². The van der Waals surface area contributed by atoms with E-state index in [1.165, 1.54) is 0 Å². The van der Waals surface area contributed by atoms with Crippen LogP contribution in [0.25, 0.3) is 11.3 Å². The quantitative estimate of drug-likeness (QED) is 0.898. The molecule has 0 bridgehead atoms. The van der Waals surface area contributed by atoms with Gasteiger partial charge >= 0.3 is 0 Å². The second kappa shape index (κ2) is 4.21. The van der Waals surface area contributed by atoms with Gasteiger partial charge in [-0.3, -0.25) is 0 Å². The van der Waals surface area contributed by atoms with Crippen molar-refractivity contribution < 1.29 is 9.52 Å². The molecule has 0 spiro atoms. The molecule has 0 fully saturated rings. The first-order valence-electron chi connectivity index (χ1n) is 4.71. The van der Waals surface area contributed by atoms with Crippen LogP contribution in [0.3, 0.4) is 0 Å². The number of hydrogen-bond acceptors (Lipinski definition) is 2. The first-order valence-corrected chi connectivity index (χ1v) is 5.50. The minimum Gasteiger partial charge on any atom is -0.458 e. The van der Waals surface area contributed by atoms with Crippen LogP contribution in [0.2, 0.25) is 0 Å². The Labute approximate surface area is 96.7 Å². The van der Waals surface area contributed by atoms with Crippen LogP contribution in [0.1, 0.15) is 18.8 Å². The Morgan fingerprint density at radius 2 is 1.93 bits per heavy atom. The summed E-state index contributed by atoms with van der Waals surface area (Å²) in [4.78, 5) is 0. The standard InChI is InChI=1S/C12H11BrO2/c1-8(14)11-6-7-12(15-11)9-4-2-3-5-10(9)13/h2-8,14H,1H3. The highest BCUT2D eigenvalue weighted by Gasteiger charge is 2.10. The van der Waals surface area contributed by atoms with Gasteiger partial charge in [-0.2, -0.15) is 0 Å². The number of furan rings is 1. The van der Waals surface area contributed by atoms with Gasteiger partial charge in [0.25, 0.3) is 0 Å². The van der Waals surface area contributed by atoms with Crippen molar-refractivity contribution in [3.05, 3.63) is 46.6 Å². The maximum atomic E-state index is 9.35.